The molecule has 0 aliphatic heterocycles. The van der Waals surface area contributed by atoms with Gasteiger partial charge >= 0.3 is 11.9 Å². The van der Waals surface area contributed by atoms with Gasteiger partial charge in [-0.1, -0.05) is 125 Å². The van der Waals surface area contributed by atoms with Crippen molar-refractivity contribution in [1.29, 1.82) is 0 Å². The number of hydrogen-bond acceptors (Lipinski definition) is 8. The van der Waals surface area contributed by atoms with Gasteiger partial charge < -0.3 is 27.9 Å². The molecular weight excluding hydrogens is 653 g/mol. The maximum atomic E-state index is 12.6. The fourth-order valence-corrected chi connectivity index (χ4v) is 4.92. The van der Waals surface area contributed by atoms with Crippen molar-refractivity contribution < 1.29 is 42.1 Å². The number of hydrogen-bond donors (Lipinski definition) is 0. The average Bonchev–Trinajstić information content (AvgIpc) is 3.06. The van der Waals surface area contributed by atoms with E-state index in [1.807, 2.05) is 75.8 Å². The van der Waals surface area contributed by atoms with Crippen molar-refractivity contribution in [1.82, 2.24) is 0 Å². The molecule has 0 aliphatic carbocycles. The van der Waals surface area contributed by atoms with Crippen molar-refractivity contribution in [2.45, 2.75) is 110 Å². The van der Waals surface area contributed by atoms with E-state index in [9.17, 15) is 19.0 Å². The second-order valence-electron chi connectivity index (χ2n) is 13.0. The lowest BCUT2D eigenvalue weighted by Crippen LogP contribution is -2.37. The Morgan fingerprint density at radius 2 is 1.08 bits per heavy atom. The first-order chi connectivity index (χ1) is 24.0. The number of quaternary nitrogens is 1. The largest absolute Gasteiger partial charge is 0.756 e. The Morgan fingerprint density at radius 1 is 0.620 bits per heavy atom. The standard InChI is InChI=1S/C40H66NO8P/c1-6-8-10-12-14-16-18-20-22-24-26-28-30-32-39(42)46-36-38(37-48-50(44,45)47-35-34-41(3,4)5)49-40(43)33-31-29-27-25-23-21-19-17-15-13-11-9-7-2/h8-20,22,38H,6-7,21,23-37H2,1-5H3/b10-8+,11-9+,14-12+,15-13+,18-16+,19-17+,22-20+. The summed E-state index contributed by atoms with van der Waals surface area (Å²) >= 11 is 0. The van der Waals surface area contributed by atoms with Crippen LogP contribution in [0.2, 0.25) is 0 Å². The van der Waals surface area contributed by atoms with Crippen LogP contribution in [-0.4, -0.2) is 70.0 Å². The molecule has 50 heavy (non-hydrogen) atoms. The smallest absolute Gasteiger partial charge is 0.306 e. The van der Waals surface area contributed by atoms with Crippen LogP contribution in [0.15, 0.2) is 85.1 Å². The van der Waals surface area contributed by atoms with Gasteiger partial charge in [-0.05, 0) is 51.4 Å². The summed E-state index contributed by atoms with van der Waals surface area (Å²) in [5, 5.41) is 0. The second-order valence-corrected chi connectivity index (χ2v) is 14.4. The lowest BCUT2D eigenvalue weighted by atomic mass is 10.1. The molecule has 0 fully saturated rings. The molecule has 2 atom stereocenters. The number of ether oxygens (including phenoxy) is 2. The Bertz CT molecular complexity index is 1130. The zero-order valence-electron chi connectivity index (χ0n) is 31.5. The van der Waals surface area contributed by atoms with E-state index in [1.165, 1.54) is 0 Å². The van der Waals surface area contributed by atoms with Crippen molar-refractivity contribution in [3.8, 4) is 0 Å². The van der Waals surface area contributed by atoms with Crippen LogP contribution in [0.4, 0.5) is 0 Å². The molecule has 0 aliphatic rings. The van der Waals surface area contributed by atoms with E-state index in [2.05, 4.69) is 44.2 Å². The molecule has 284 valence electrons. The van der Waals surface area contributed by atoms with Crippen LogP contribution >= 0.6 is 7.82 Å². The van der Waals surface area contributed by atoms with Crippen LogP contribution in [0, 0.1) is 0 Å². The first kappa shape index (κ1) is 47.2. The highest BCUT2D eigenvalue weighted by Gasteiger charge is 2.21. The lowest BCUT2D eigenvalue weighted by Gasteiger charge is -2.28. The van der Waals surface area contributed by atoms with Gasteiger partial charge in [-0.25, -0.2) is 0 Å². The van der Waals surface area contributed by atoms with Crippen molar-refractivity contribution in [3.05, 3.63) is 85.1 Å². The van der Waals surface area contributed by atoms with E-state index in [1.54, 1.807) is 0 Å². The van der Waals surface area contributed by atoms with Gasteiger partial charge in [0.1, 0.15) is 19.8 Å². The normalized spacial score (nSPS) is 14.8. The number of rotatable bonds is 31. The summed E-state index contributed by atoms with van der Waals surface area (Å²) in [6.45, 7) is 3.83. The van der Waals surface area contributed by atoms with Crippen molar-refractivity contribution in [2.75, 3.05) is 47.5 Å². The molecule has 10 heteroatoms. The second kappa shape index (κ2) is 32.1. The molecule has 0 saturated heterocycles. The number of carbonyl (C=O) groups is 2. The summed E-state index contributed by atoms with van der Waals surface area (Å²) in [6, 6.07) is 0. The van der Waals surface area contributed by atoms with E-state index in [-0.39, 0.29) is 26.1 Å². The number of allylic oxidation sites excluding steroid dienone is 14. The van der Waals surface area contributed by atoms with Crippen LogP contribution in [0.1, 0.15) is 104 Å². The zero-order chi connectivity index (χ0) is 37.2. The number of carbonyl (C=O) groups excluding carboxylic acids is 2. The topological polar surface area (TPSA) is 111 Å². The molecule has 0 aromatic carbocycles. The molecule has 0 saturated carbocycles. The van der Waals surface area contributed by atoms with Crippen molar-refractivity contribution in [2.24, 2.45) is 0 Å². The van der Waals surface area contributed by atoms with Crippen LogP contribution in [0.5, 0.6) is 0 Å². The number of esters is 2. The van der Waals surface area contributed by atoms with Crippen LogP contribution in [-0.2, 0) is 32.7 Å². The number of phosphoric acid groups is 1. The van der Waals surface area contributed by atoms with E-state index in [4.69, 9.17) is 18.5 Å². The van der Waals surface area contributed by atoms with Crippen LogP contribution < -0.4 is 4.89 Å². The molecule has 0 spiro atoms. The molecule has 0 N–H and O–H groups in total. The monoisotopic (exact) mass is 719 g/mol. The highest BCUT2D eigenvalue weighted by atomic mass is 31.2. The molecular formula is C40H66NO8P. The summed E-state index contributed by atoms with van der Waals surface area (Å²) < 4.78 is 33.6. The summed E-state index contributed by atoms with van der Waals surface area (Å²) in [5.74, 6) is -0.919. The highest BCUT2D eigenvalue weighted by Crippen LogP contribution is 2.38. The minimum atomic E-state index is -4.64. The van der Waals surface area contributed by atoms with E-state index >= 15 is 0 Å². The van der Waals surface area contributed by atoms with Crippen molar-refractivity contribution >= 4 is 19.8 Å². The third-order valence-electron chi connectivity index (χ3n) is 7.07. The van der Waals surface area contributed by atoms with E-state index in [0.717, 1.165) is 64.2 Å². The minimum Gasteiger partial charge on any atom is -0.756 e. The van der Waals surface area contributed by atoms with Gasteiger partial charge in [0.05, 0.1) is 27.7 Å². The first-order valence-electron chi connectivity index (χ1n) is 18.4. The number of phosphoric ester groups is 1. The summed E-state index contributed by atoms with van der Waals surface area (Å²) in [4.78, 5) is 37.3. The van der Waals surface area contributed by atoms with Crippen LogP contribution in [0.3, 0.4) is 0 Å². The lowest BCUT2D eigenvalue weighted by molar-refractivity contribution is -0.870. The fourth-order valence-electron chi connectivity index (χ4n) is 4.19. The molecule has 0 heterocycles. The van der Waals surface area contributed by atoms with Crippen molar-refractivity contribution in [3.63, 3.8) is 0 Å². The van der Waals surface area contributed by atoms with Gasteiger partial charge in [0.25, 0.3) is 7.82 Å². The van der Waals surface area contributed by atoms with E-state index < -0.39 is 32.5 Å². The predicted molar refractivity (Wildman–Crippen MR) is 203 cm³/mol. The molecule has 9 nitrogen and oxygen atoms in total. The Morgan fingerprint density at radius 3 is 1.62 bits per heavy atom. The SMILES string of the molecule is CC/C=C/C=C/C=C/C=C/CCCCCC(=O)OCC(COP(=O)([O-])OCC[N+](C)(C)C)OC(=O)CCCCCCC/C=C/C=C/C=C/CC. The summed E-state index contributed by atoms with van der Waals surface area (Å²) in [7, 11) is 1.11. The quantitative estimate of drug-likeness (QED) is 0.0230. The first-order valence-corrected chi connectivity index (χ1v) is 19.8. The third-order valence-corrected chi connectivity index (χ3v) is 8.03. The summed E-state index contributed by atoms with van der Waals surface area (Å²) in [6.07, 6.45) is 39.1. The van der Waals surface area contributed by atoms with Gasteiger partial charge in [0.15, 0.2) is 6.10 Å². The Hall–Kier alpha value is -2.81. The summed E-state index contributed by atoms with van der Waals surface area (Å²) in [5.41, 5.74) is 0. The number of unbranched alkanes of at least 4 members (excludes halogenated alkanes) is 8. The third kappa shape index (κ3) is 35.0. The Labute approximate surface area is 303 Å². The molecule has 0 bridgehead atoms. The average molecular weight is 720 g/mol. The highest BCUT2D eigenvalue weighted by molar-refractivity contribution is 7.45. The molecule has 0 rings (SSSR count). The van der Waals surface area contributed by atoms with Crippen LogP contribution in [0.25, 0.3) is 0 Å². The van der Waals surface area contributed by atoms with Gasteiger partial charge in [-0.3, -0.25) is 14.2 Å². The maximum absolute atomic E-state index is 12.6. The predicted octanol–water partition coefficient (Wildman–Crippen LogP) is 9.04. The van der Waals surface area contributed by atoms with E-state index in [0.29, 0.717) is 23.9 Å². The molecule has 0 aromatic heterocycles. The van der Waals surface area contributed by atoms with Gasteiger partial charge in [-0.2, -0.15) is 0 Å². The minimum absolute atomic E-state index is 0.0471. The fraction of sp³-hybridized carbons (Fsp3) is 0.600. The maximum Gasteiger partial charge on any atom is 0.306 e. The van der Waals surface area contributed by atoms with Gasteiger partial charge in [0.2, 0.25) is 0 Å². The zero-order valence-corrected chi connectivity index (χ0v) is 32.4. The molecule has 0 amide bonds. The number of likely N-dealkylation sites (N-methyl/N-ethyl adjacent to an activating group) is 1. The number of nitrogens with zero attached hydrogens (tertiary/aromatic N) is 1. The molecule has 0 aromatic rings. The van der Waals surface area contributed by atoms with Gasteiger partial charge in [0, 0.05) is 12.8 Å². The Balaban J connectivity index is 4.59. The Kier molecular flexibility index (Phi) is 30.3. The van der Waals surface area contributed by atoms with Gasteiger partial charge in [-0.15, -0.1) is 0 Å². The molecule has 0 radical (unpaired) electrons. The molecule has 2 unspecified atom stereocenters.